The van der Waals surface area contributed by atoms with Gasteiger partial charge in [-0.05, 0) is 56.0 Å². The van der Waals surface area contributed by atoms with E-state index >= 15 is 0 Å². The van der Waals surface area contributed by atoms with Crippen molar-refractivity contribution in [3.63, 3.8) is 0 Å². The smallest absolute Gasteiger partial charge is 0.254 e. The van der Waals surface area contributed by atoms with Crippen LogP contribution in [-0.2, 0) is 4.79 Å². The number of piperidine rings is 1. The van der Waals surface area contributed by atoms with Crippen molar-refractivity contribution in [1.82, 2.24) is 15.1 Å². The van der Waals surface area contributed by atoms with E-state index in [2.05, 4.69) is 5.32 Å². The summed E-state index contributed by atoms with van der Waals surface area (Å²) in [4.78, 5) is 29.5. The van der Waals surface area contributed by atoms with Gasteiger partial charge in [0.1, 0.15) is 0 Å². The minimum atomic E-state index is -0.0124. The molecule has 0 bridgehead atoms. The number of hydrogen-bond donors (Lipinski definition) is 1. The maximum atomic E-state index is 12.9. The third kappa shape index (κ3) is 3.31. The van der Waals surface area contributed by atoms with E-state index in [0.29, 0.717) is 49.1 Å². The van der Waals surface area contributed by atoms with Gasteiger partial charge in [-0.3, -0.25) is 9.59 Å². The molecule has 3 aliphatic heterocycles. The van der Waals surface area contributed by atoms with Crippen LogP contribution in [0.3, 0.4) is 0 Å². The normalized spacial score (nSPS) is 24.6. The molecule has 1 aromatic rings. The van der Waals surface area contributed by atoms with Crippen molar-refractivity contribution in [2.75, 3.05) is 46.1 Å². The van der Waals surface area contributed by atoms with Crippen molar-refractivity contribution in [2.45, 2.75) is 19.3 Å². The number of ether oxygens (including phenoxy) is 2. The molecule has 1 spiro atoms. The molecule has 7 nitrogen and oxygen atoms in total. The Kier molecular flexibility index (Phi) is 5.14. The molecule has 28 heavy (non-hydrogen) atoms. The molecule has 1 aliphatic carbocycles. The zero-order chi connectivity index (χ0) is 18.4. The maximum absolute atomic E-state index is 12.9. The van der Waals surface area contributed by atoms with Crippen molar-refractivity contribution in [3.05, 3.63) is 23.8 Å². The van der Waals surface area contributed by atoms with E-state index in [4.69, 9.17) is 9.47 Å². The lowest BCUT2D eigenvalue weighted by Gasteiger charge is -2.35. The predicted octanol–water partition coefficient (Wildman–Crippen LogP) is 1.51. The maximum Gasteiger partial charge on any atom is 0.254 e. The zero-order valence-electron chi connectivity index (χ0n) is 15.8. The zero-order valence-corrected chi connectivity index (χ0v) is 16.6. The van der Waals surface area contributed by atoms with Gasteiger partial charge in [0.25, 0.3) is 5.91 Å². The van der Waals surface area contributed by atoms with E-state index in [0.717, 1.165) is 32.4 Å². The highest BCUT2D eigenvalue weighted by molar-refractivity contribution is 5.95. The van der Waals surface area contributed by atoms with Crippen LogP contribution in [0.15, 0.2) is 18.2 Å². The molecule has 2 saturated heterocycles. The Hall–Kier alpha value is -1.99. The largest absolute Gasteiger partial charge is 0.454 e. The molecule has 8 heteroatoms. The molecule has 152 valence electrons. The van der Waals surface area contributed by atoms with Crippen molar-refractivity contribution in [3.8, 4) is 11.5 Å². The Morgan fingerprint density at radius 3 is 2.43 bits per heavy atom. The fourth-order valence-corrected chi connectivity index (χ4v) is 4.74. The van der Waals surface area contributed by atoms with E-state index in [1.807, 2.05) is 9.80 Å². The number of fused-ring (bicyclic) bond motifs is 1. The van der Waals surface area contributed by atoms with Crippen LogP contribution >= 0.6 is 12.4 Å². The van der Waals surface area contributed by atoms with Crippen molar-refractivity contribution < 1.29 is 19.1 Å². The van der Waals surface area contributed by atoms with Gasteiger partial charge in [0.2, 0.25) is 12.7 Å². The molecule has 0 aromatic heterocycles. The van der Waals surface area contributed by atoms with E-state index < -0.39 is 0 Å². The highest BCUT2D eigenvalue weighted by Gasteiger charge is 2.58. The Bertz CT molecular complexity index is 773. The van der Waals surface area contributed by atoms with Crippen LogP contribution < -0.4 is 14.8 Å². The summed E-state index contributed by atoms with van der Waals surface area (Å²) < 4.78 is 10.7. The van der Waals surface area contributed by atoms with Gasteiger partial charge in [0.05, 0.1) is 0 Å². The highest BCUT2D eigenvalue weighted by Crippen LogP contribution is 2.59. The third-order valence-corrected chi connectivity index (χ3v) is 6.59. The lowest BCUT2D eigenvalue weighted by atomic mass is 9.91. The molecule has 1 N–H and O–H groups in total. The number of halogens is 1. The number of benzene rings is 1. The summed E-state index contributed by atoms with van der Waals surface area (Å²) in [5, 5.41) is 3.38. The van der Waals surface area contributed by atoms with Crippen LogP contribution in [0, 0.1) is 11.3 Å². The van der Waals surface area contributed by atoms with E-state index in [1.54, 1.807) is 18.2 Å². The first-order valence-corrected chi connectivity index (χ1v) is 9.85. The first-order chi connectivity index (χ1) is 13.2. The highest BCUT2D eigenvalue weighted by atomic mass is 35.5. The quantitative estimate of drug-likeness (QED) is 0.804. The lowest BCUT2D eigenvalue weighted by molar-refractivity contribution is -0.135. The molecule has 5 rings (SSSR count). The van der Waals surface area contributed by atoms with E-state index in [1.165, 1.54) is 0 Å². The molecular weight excluding hydrogens is 382 g/mol. The topological polar surface area (TPSA) is 71.1 Å². The Labute approximate surface area is 170 Å². The standard InChI is InChI=1S/C20H25N3O4.ClH/c24-18(14-1-2-16-17(11-14)27-13-26-16)22-7-9-23(10-8-22)19(25)15-12-20(15)3-5-21-6-4-20;/h1-2,11,15,21H,3-10,12-13H2;1H. The van der Waals surface area contributed by atoms with Gasteiger partial charge in [-0.1, -0.05) is 0 Å². The fraction of sp³-hybridized carbons (Fsp3) is 0.600. The van der Waals surface area contributed by atoms with E-state index in [9.17, 15) is 9.59 Å². The van der Waals surface area contributed by atoms with E-state index in [-0.39, 0.29) is 36.4 Å². The molecule has 1 atom stereocenters. The molecule has 1 unspecified atom stereocenters. The third-order valence-electron chi connectivity index (χ3n) is 6.59. The van der Waals surface area contributed by atoms with Crippen LogP contribution in [0.25, 0.3) is 0 Å². The Balaban J connectivity index is 0.00000192. The minimum Gasteiger partial charge on any atom is -0.454 e. The van der Waals surface area contributed by atoms with Crippen molar-refractivity contribution in [2.24, 2.45) is 11.3 Å². The minimum absolute atomic E-state index is 0. The van der Waals surface area contributed by atoms with Crippen molar-refractivity contribution >= 4 is 24.2 Å². The van der Waals surface area contributed by atoms with Gasteiger partial charge >= 0.3 is 0 Å². The summed E-state index contributed by atoms with van der Waals surface area (Å²) in [6, 6.07) is 5.30. The monoisotopic (exact) mass is 407 g/mol. The average molecular weight is 408 g/mol. The van der Waals surface area contributed by atoms with Gasteiger partial charge in [0.15, 0.2) is 11.5 Å². The second kappa shape index (κ2) is 7.44. The number of carbonyl (C=O) groups excluding carboxylic acids is 2. The predicted molar refractivity (Wildman–Crippen MR) is 105 cm³/mol. The first-order valence-electron chi connectivity index (χ1n) is 9.85. The molecule has 3 heterocycles. The molecule has 2 amide bonds. The molecule has 1 aromatic carbocycles. The summed E-state index contributed by atoms with van der Waals surface area (Å²) in [7, 11) is 0. The number of nitrogens with one attached hydrogen (secondary N) is 1. The number of nitrogens with zero attached hydrogens (tertiary/aromatic N) is 2. The van der Waals surface area contributed by atoms with Crippen molar-refractivity contribution in [1.29, 1.82) is 0 Å². The summed E-state index contributed by atoms with van der Waals surface area (Å²) >= 11 is 0. The Morgan fingerprint density at radius 2 is 1.68 bits per heavy atom. The second-order valence-corrected chi connectivity index (χ2v) is 8.05. The average Bonchev–Trinajstić information content (AvgIpc) is 3.19. The molecule has 1 saturated carbocycles. The van der Waals surface area contributed by atoms with Crippen LogP contribution in [0.1, 0.15) is 29.6 Å². The van der Waals surface area contributed by atoms with Gasteiger partial charge in [-0.2, -0.15) is 0 Å². The summed E-state index contributed by atoms with van der Waals surface area (Å²) in [5.74, 6) is 1.79. The van der Waals surface area contributed by atoms with Crippen LogP contribution in [0.4, 0.5) is 0 Å². The summed E-state index contributed by atoms with van der Waals surface area (Å²) in [5.41, 5.74) is 0.872. The number of rotatable bonds is 2. The molecular formula is C20H26ClN3O4. The van der Waals surface area contributed by atoms with Crippen LogP contribution in [-0.4, -0.2) is 67.7 Å². The fourth-order valence-electron chi connectivity index (χ4n) is 4.74. The lowest BCUT2D eigenvalue weighted by Crippen LogP contribution is -2.51. The Morgan fingerprint density at radius 1 is 1.00 bits per heavy atom. The number of carbonyl (C=O) groups is 2. The molecule has 4 aliphatic rings. The van der Waals surface area contributed by atoms with Gasteiger partial charge in [-0.25, -0.2) is 0 Å². The number of amides is 2. The summed E-state index contributed by atoms with van der Waals surface area (Å²) in [6.07, 6.45) is 3.28. The second-order valence-electron chi connectivity index (χ2n) is 8.05. The van der Waals surface area contributed by atoms with Crippen LogP contribution in [0.2, 0.25) is 0 Å². The van der Waals surface area contributed by atoms with Gasteiger partial charge in [0, 0.05) is 37.7 Å². The number of piperazine rings is 1. The molecule has 0 radical (unpaired) electrons. The van der Waals surface area contributed by atoms with Gasteiger partial charge in [-0.15, -0.1) is 12.4 Å². The summed E-state index contributed by atoms with van der Waals surface area (Å²) in [6.45, 7) is 4.68. The SMILES string of the molecule is Cl.O=C(c1ccc2c(c1)OCO2)N1CCN(C(=O)C2CC23CCNCC3)CC1. The molecule has 3 fully saturated rings. The van der Waals surface area contributed by atoms with Gasteiger partial charge < -0.3 is 24.6 Å². The number of hydrogen-bond acceptors (Lipinski definition) is 5. The van der Waals surface area contributed by atoms with Crippen LogP contribution in [0.5, 0.6) is 11.5 Å². The first kappa shape index (κ1) is 19.3.